The first kappa shape index (κ1) is 36.2. The lowest BCUT2D eigenvalue weighted by Crippen LogP contribution is -2.55. The van der Waals surface area contributed by atoms with Gasteiger partial charge in [0.05, 0.1) is 0 Å². The van der Waals surface area contributed by atoms with E-state index in [4.69, 9.17) is 0 Å². The molecule has 4 saturated carbocycles. The number of nitrogens with zero attached hydrogens (tertiary/aromatic N) is 1. The van der Waals surface area contributed by atoms with Gasteiger partial charge >= 0.3 is 0 Å². The van der Waals surface area contributed by atoms with Crippen LogP contribution in [0.4, 0.5) is 17.1 Å². The maximum atomic E-state index is 2.55. The summed E-state index contributed by atoms with van der Waals surface area (Å²) < 4.78 is 0. The zero-order valence-electron chi connectivity index (χ0n) is 35.7. The normalized spacial score (nSPS) is 22.9. The lowest BCUT2D eigenvalue weighted by atomic mass is 9.43. The summed E-state index contributed by atoms with van der Waals surface area (Å²) in [6.45, 7) is 4.88. The second-order valence-corrected chi connectivity index (χ2v) is 19.7. The Balaban J connectivity index is 0.900. The fourth-order valence-electron chi connectivity index (χ4n) is 13.8. The standard InChI is InChI=1S/C61H51N/c1-60(2)57-37-45(51-17-11-19-56-59(51)54-16-9-10-18-55(54)61(56)46-33-39-32-40(35-46)36-47(61)34-39)24-30-52(57)53-31-29-50(38-58(53)60)62(48-25-20-43(21-26-48)41-12-5-3-6-13-41)49-27-22-44(23-28-49)42-14-7-4-8-15-42/h3-31,37-40,46-47H,32-36H2,1-2H3. The molecule has 1 spiro atoms. The first-order valence-electron chi connectivity index (χ1n) is 23.1. The molecule has 0 atom stereocenters. The van der Waals surface area contributed by atoms with Gasteiger partial charge in [-0.3, -0.25) is 0 Å². The second kappa shape index (κ2) is 13.5. The van der Waals surface area contributed by atoms with E-state index in [1.165, 1.54) is 105 Å². The summed E-state index contributed by atoms with van der Waals surface area (Å²) in [5.41, 5.74) is 22.8. The van der Waals surface area contributed by atoms with Crippen LogP contribution in [0.1, 0.15) is 68.2 Å². The van der Waals surface area contributed by atoms with Gasteiger partial charge in [0.1, 0.15) is 0 Å². The molecule has 14 rings (SSSR count). The van der Waals surface area contributed by atoms with Crippen LogP contribution in [0.2, 0.25) is 0 Å². The van der Waals surface area contributed by atoms with E-state index in [1.54, 1.807) is 11.1 Å². The van der Waals surface area contributed by atoms with E-state index in [2.05, 4.69) is 207 Å². The average Bonchev–Trinajstić information content (AvgIpc) is 3.74. The highest BCUT2D eigenvalue weighted by Crippen LogP contribution is 2.70. The van der Waals surface area contributed by atoms with Crippen molar-refractivity contribution >= 4 is 17.1 Å². The lowest BCUT2D eigenvalue weighted by molar-refractivity contribution is -0.0399. The third-order valence-electron chi connectivity index (χ3n) is 16.3. The first-order chi connectivity index (χ1) is 30.4. The Morgan fingerprint density at radius 1 is 0.355 bits per heavy atom. The molecule has 0 unspecified atom stereocenters. The van der Waals surface area contributed by atoms with Crippen molar-refractivity contribution in [3.63, 3.8) is 0 Å². The van der Waals surface area contributed by atoms with Crippen LogP contribution in [-0.4, -0.2) is 0 Å². The van der Waals surface area contributed by atoms with Gasteiger partial charge in [-0.05, 0) is 176 Å². The summed E-state index contributed by atoms with van der Waals surface area (Å²) in [6, 6.07) is 71.0. The van der Waals surface area contributed by atoms with Crippen molar-refractivity contribution in [3.8, 4) is 55.6 Å². The third-order valence-corrected chi connectivity index (χ3v) is 16.3. The quantitative estimate of drug-likeness (QED) is 0.162. The summed E-state index contributed by atoms with van der Waals surface area (Å²) in [5, 5.41) is 0. The van der Waals surface area contributed by atoms with Crippen LogP contribution in [0.25, 0.3) is 55.6 Å². The molecule has 1 nitrogen and oxygen atoms in total. The monoisotopic (exact) mass is 797 g/mol. The zero-order chi connectivity index (χ0) is 41.2. The summed E-state index contributed by atoms with van der Waals surface area (Å²) in [4.78, 5) is 2.43. The summed E-state index contributed by atoms with van der Waals surface area (Å²) in [6.07, 6.45) is 7.12. The highest BCUT2D eigenvalue weighted by atomic mass is 15.1. The summed E-state index contributed by atoms with van der Waals surface area (Å²) in [7, 11) is 0. The molecule has 300 valence electrons. The highest BCUT2D eigenvalue weighted by molar-refractivity contribution is 5.95. The van der Waals surface area contributed by atoms with Crippen molar-refractivity contribution in [3.05, 3.63) is 210 Å². The molecule has 0 radical (unpaired) electrons. The topological polar surface area (TPSA) is 3.24 Å². The Labute approximate surface area is 366 Å². The lowest BCUT2D eigenvalue weighted by Gasteiger charge is -2.61. The summed E-state index contributed by atoms with van der Waals surface area (Å²) >= 11 is 0. The number of benzene rings is 8. The number of fused-ring (bicyclic) bond motifs is 6. The number of rotatable bonds is 6. The Bertz CT molecular complexity index is 2920. The second-order valence-electron chi connectivity index (χ2n) is 19.7. The molecule has 4 fully saturated rings. The predicted molar refractivity (Wildman–Crippen MR) is 258 cm³/mol. The van der Waals surface area contributed by atoms with Crippen LogP contribution in [0, 0.1) is 23.7 Å². The molecule has 6 aliphatic carbocycles. The molecule has 6 aliphatic rings. The molecule has 0 aliphatic heterocycles. The van der Waals surface area contributed by atoms with E-state index in [0.717, 1.165) is 35.0 Å². The maximum Gasteiger partial charge on any atom is 0.0465 e. The molecule has 4 bridgehead atoms. The van der Waals surface area contributed by atoms with Crippen LogP contribution >= 0.6 is 0 Å². The van der Waals surface area contributed by atoms with Gasteiger partial charge in [0.2, 0.25) is 0 Å². The Kier molecular flexibility index (Phi) is 7.91. The van der Waals surface area contributed by atoms with Crippen LogP contribution in [0.5, 0.6) is 0 Å². The minimum Gasteiger partial charge on any atom is -0.310 e. The molecule has 0 N–H and O–H groups in total. The van der Waals surface area contributed by atoms with Gasteiger partial charge in [0.15, 0.2) is 0 Å². The summed E-state index contributed by atoms with van der Waals surface area (Å²) in [5.74, 6) is 3.41. The van der Waals surface area contributed by atoms with E-state index in [0.29, 0.717) is 0 Å². The van der Waals surface area contributed by atoms with Crippen LogP contribution < -0.4 is 4.90 Å². The number of anilines is 3. The largest absolute Gasteiger partial charge is 0.310 e. The van der Waals surface area contributed by atoms with Gasteiger partial charge in [-0.25, -0.2) is 0 Å². The molecule has 62 heavy (non-hydrogen) atoms. The molecule has 8 aromatic rings. The fraction of sp³-hybridized carbons (Fsp3) is 0.213. The minimum absolute atomic E-state index is 0.174. The predicted octanol–water partition coefficient (Wildman–Crippen LogP) is 16.2. The van der Waals surface area contributed by atoms with Crippen molar-refractivity contribution in [2.24, 2.45) is 23.7 Å². The van der Waals surface area contributed by atoms with Crippen molar-refractivity contribution in [1.82, 2.24) is 0 Å². The van der Waals surface area contributed by atoms with E-state index in [-0.39, 0.29) is 10.8 Å². The maximum absolute atomic E-state index is 2.55. The molecule has 0 aromatic heterocycles. The van der Waals surface area contributed by atoms with E-state index in [9.17, 15) is 0 Å². The smallest absolute Gasteiger partial charge is 0.0465 e. The van der Waals surface area contributed by atoms with Gasteiger partial charge in [0, 0.05) is 27.9 Å². The van der Waals surface area contributed by atoms with Crippen molar-refractivity contribution in [2.45, 2.75) is 56.8 Å². The molecule has 0 amide bonds. The Hall–Kier alpha value is -6.44. The van der Waals surface area contributed by atoms with Crippen molar-refractivity contribution < 1.29 is 0 Å². The Morgan fingerprint density at radius 3 is 1.44 bits per heavy atom. The minimum atomic E-state index is -0.185. The average molecular weight is 798 g/mol. The van der Waals surface area contributed by atoms with Crippen LogP contribution in [0.3, 0.4) is 0 Å². The zero-order valence-corrected chi connectivity index (χ0v) is 35.7. The van der Waals surface area contributed by atoms with Gasteiger partial charge in [-0.15, -0.1) is 0 Å². The first-order valence-corrected chi connectivity index (χ1v) is 23.1. The molecule has 0 heterocycles. The van der Waals surface area contributed by atoms with Gasteiger partial charge < -0.3 is 4.90 Å². The molecular weight excluding hydrogens is 747 g/mol. The van der Waals surface area contributed by atoms with Crippen LogP contribution in [-0.2, 0) is 10.8 Å². The van der Waals surface area contributed by atoms with Gasteiger partial charge in [0.25, 0.3) is 0 Å². The number of hydrogen-bond acceptors (Lipinski definition) is 1. The highest BCUT2D eigenvalue weighted by Gasteiger charge is 2.61. The third kappa shape index (κ3) is 5.21. The van der Waals surface area contributed by atoms with E-state index >= 15 is 0 Å². The van der Waals surface area contributed by atoms with E-state index < -0.39 is 0 Å². The molecular formula is C61H51N. The molecule has 1 heteroatoms. The van der Waals surface area contributed by atoms with Crippen molar-refractivity contribution in [1.29, 1.82) is 0 Å². The van der Waals surface area contributed by atoms with E-state index in [1.807, 2.05) is 0 Å². The number of hydrogen-bond donors (Lipinski definition) is 0. The molecule has 8 aromatic carbocycles. The van der Waals surface area contributed by atoms with Gasteiger partial charge in [-0.1, -0.05) is 159 Å². The van der Waals surface area contributed by atoms with Crippen molar-refractivity contribution in [2.75, 3.05) is 4.90 Å². The Morgan fingerprint density at radius 2 is 0.823 bits per heavy atom. The fourth-order valence-corrected chi connectivity index (χ4v) is 13.8. The SMILES string of the molecule is CC1(C)c2cc(-c3cccc4c3-c3ccccc3C43C4CC5CC(C4)CC3C5)ccc2-c2ccc(N(c3ccc(-c4ccccc4)cc3)c3ccc(-c4ccccc4)cc3)cc21. The van der Waals surface area contributed by atoms with Crippen LogP contribution in [0.15, 0.2) is 188 Å². The molecule has 0 saturated heterocycles. The van der Waals surface area contributed by atoms with Gasteiger partial charge in [-0.2, -0.15) is 0 Å².